The Balaban J connectivity index is 3.33. The van der Waals surface area contributed by atoms with E-state index in [1.165, 1.54) is 0 Å². The van der Waals surface area contributed by atoms with E-state index in [0.717, 1.165) is 0 Å². The van der Waals surface area contributed by atoms with Crippen molar-refractivity contribution >= 4 is 7.12 Å². The lowest BCUT2D eigenvalue weighted by molar-refractivity contribution is 0.298. The Morgan fingerprint density at radius 1 is 1.50 bits per heavy atom. The molecule has 0 spiro atoms. The van der Waals surface area contributed by atoms with E-state index in [1.807, 2.05) is 0 Å². The maximum absolute atomic E-state index is 8.30. The second kappa shape index (κ2) is 3.66. The maximum Gasteiger partial charge on any atom is 0.483 e. The quantitative estimate of drug-likeness (QED) is 0.411. The molecule has 0 unspecified atom stereocenters. The van der Waals surface area contributed by atoms with Crippen LogP contribution in [0.5, 0.6) is 0 Å². The van der Waals surface area contributed by atoms with Crippen molar-refractivity contribution in [3.8, 4) is 0 Å². The zero-order valence-corrected chi connectivity index (χ0v) is 4.54. The average Bonchev–Trinajstić information content (AvgIpc) is 1.67. The van der Waals surface area contributed by atoms with Gasteiger partial charge in [0, 0.05) is 6.61 Å². The van der Waals surface area contributed by atoms with Crippen LogP contribution in [0.4, 0.5) is 0 Å². The first kappa shape index (κ1) is 7.68. The summed E-state index contributed by atoms with van der Waals surface area (Å²) in [6, 6.07) is 0. The highest BCUT2D eigenvalue weighted by Crippen LogP contribution is 1.95. The zero-order chi connectivity index (χ0) is 6.57. The SMILES string of the molecule is C=C(CCO)B(O)O. The predicted molar refractivity (Wildman–Crippen MR) is 31.0 cm³/mol. The molecule has 0 fully saturated rings. The van der Waals surface area contributed by atoms with Gasteiger partial charge in [0.05, 0.1) is 0 Å². The summed E-state index contributed by atoms with van der Waals surface area (Å²) in [7, 11) is -1.48. The highest BCUT2D eigenvalue weighted by molar-refractivity contribution is 6.50. The van der Waals surface area contributed by atoms with Crippen molar-refractivity contribution in [3.05, 3.63) is 12.1 Å². The van der Waals surface area contributed by atoms with Gasteiger partial charge in [-0.2, -0.15) is 0 Å². The summed E-state index contributed by atoms with van der Waals surface area (Å²) < 4.78 is 0. The standard InChI is InChI=1S/C4H9BO3/c1-4(2-3-6)5(7)8/h6-8H,1-3H2. The summed E-state index contributed by atoms with van der Waals surface area (Å²) in [5.41, 5.74) is 0.243. The van der Waals surface area contributed by atoms with E-state index in [1.54, 1.807) is 0 Å². The van der Waals surface area contributed by atoms with Gasteiger partial charge in [0.15, 0.2) is 0 Å². The molecule has 0 bridgehead atoms. The summed E-state index contributed by atoms with van der Waals surface area (Å²) >= 11 is 0. The van der Waals surface area contributed by atoms with Gasteiger partial charge in [0.1, 0.15) is 0 Å². The topological polar surface area (TPSA) is 60.7 Å². The first-order valence-corrected chi connectivity index (χ1v) is 2.33. The van der Waals surface area contributed by atoms with Crippen LogP contribution in [-0.4, -0.2) is 28.9 Å². The molecule has 3 nitrogen and oxygen atoms in total. The first-order chi connectivity index (χ1) is 3.68. The fourth-order valence-corrected chi connectivity index (χ4v) is 0.273. The van der Waals surface area contributed by atoms with Gasteiger partial charge in [-0.15, -0.1) is 6.58 Å². The summed E-state index contributed by atoms with van der Waals surface area (Å²) in [4.78, 5) is 0. The number of aliphatic hydroxyl groups excluding tert-OH is 1. The second-order valence-electron chi connectivity index (χ2n) is 1.51. The van der Waals surface area contributed by atoms with Crippen LogP contribution >= 0.6 is 0 Å². The van der Waals surface area contributed by atoms with Crippen LogP contribution < -0.4 is 0 Å². The molecule has 46 valence electrons. The maximum atomic E-state index is 8.30. The van der Waals surface area contributed by atoms with Crippen LogP contribution in [0, 0.1) is 0 Å². The molecule has 0 aromatic rings. The van der Waals surface area contributed by atoms with E-state index in [9.17, 15) is 0 Å². The Labute approximate surface area is 48.4 Å². The van der Waals surface area contributed by atoms with Gasteiger partial charge in [-0.05, 0) is 11.9 Å². The minimum Gasteiger partial charge on any atom is -0.423 e. The third kappa shape index (κ3) is 2.79. The molecule has 0 aliphatic carbocycles. The van der Waals surface area contributed by atoms with Crippen LogP contribution in [0.25, 0.3) is 0 Å². The van der Waals surface area contributed by atoms with Gasteiger partial charge in [0.25, 0.3) is 0 Å². The minimum atomic E-state index is -1.48. The molecule has 0 aliphatic heterocycles. The van der Waals surface area contributed by atoms with E-state index < -0.39 is 7.12 Å². The molecular formula is C4H9BO3. The molecule has 3 N–H and O–H groups in total. The third-order valence-electron chi connectivity index (χ3n) is 0.798. The lowest BCUT2D eigenvalue weighted by atomic mass is 9.79. The molecule has 0 aromatic carbocycles. The number of hydrogen-bond donors (Lipinski definition) is 3. The van der Waals surface area contributed by atoms with E-state index >= 15 is 0 Å². The molecule has 4 heteroatoms. The number of aliphatic hydroxyl groups is 1. The van der Waals surface area contributed by atoms with E-state index in [2.05, 4.69) is 6.58 Å². The highest BCUT2D eigenvalue weighted by Gasteiger charge is 2.09. The van der Waals surface area contributed by atoms with E-state index in [-0.39, 0.29) is 18.5 Å². The van der Waals surface area contributed by atoms with E-state index in [4.69, 9.17) is 15.2 Å². The molecule has 0 saturated carbocycles. The summed E-state index contributed by atoms with van der Waals surface area (Å²) in [6.45, 7) is 3.20. The van der Waals surface area contributed by atoms with Gasteiger partial charge in [0.2, 0.25) is 0 Å². The molecule has 0 saturated heterocycles. The molecular weight excluding hydrogens is 107 g/mol. The summed E-state index contributed by atoms with van der Waals surface area (Å²) in [6.07, 6.45) is 0.248. The van der Waals surface area contributed by atoms with Gasteiger partial charge < -0.3 is 15.2 Å². The van der Waals surface area contributed by atoms with E-state index in [0.29, 0.717) is 0 Å². The van der Waals surface area contributed by atoms with Crippen molar-refractivity contribution < 1.29 is 15.2 Å². The molecule has 0 aromatic heterocycles. The largest absolute Gasteiger partial charge is 0.483 e. The molecule has 0 rings (SSSR count). The van der Waals surface area contributed by atoms with Gasteiger partial charge in [-0.1, -0.05) is 0 Å². The fraction of sp³-hybridized carbons (Fsp3) is 0.500. The number of hydrogen-bond acceptors (Lipinski definition) is 3. The lowest BCUT2D eigenvalue weighted by Gasteiger charge is -1.97. The lowest BCUT2D eigenvalue weighted by Crippen LogP contribution is -2.15. The Morgan fingerprint density at radius 2 is 2.00 bits per heavy atom. The van der Waals surface area contributed by atoms with Crippen molar-refractivity contribution in [2.45, 2.75) is 6.42 Å². The predicted octanol–water partition coefficient (Wildman–Crippen LogP) is -1.06. The molecule has 0 radical (unpaired) electrons. The van der Waals surface area contributed by atoms with Crippen molar-refractivity contribution in [1.82, 2.24) is 0 Å². The normalized spacial score (nSPS) is 8.88. The minimum absolute atomic E-state index is 0.0869. The Hall–Kier alpha value is -0.315. The van der Waals surface area contributed by atoms with Crippen LogP contribution in [-0.2, 0) is 0 Å². The summed E-state index contributed by atoms with van der Waals surface area (Å²) in [5.74, 6) is 0. The molecule has 8 heavy (non-hydrogen) atoms. The van der Waals surface area contributed by atoms with Crippen LogP contribution in [0.15, 0.2) is 12.1 Å². The molecule has 0 heterocycles. The Bertz CT molecular complexity index is 81.4. The van der Waals surface area contributed by atoms with Gasteiger partial charge >= 0.3 is 7.12 Å². The fourth-order valence-electron chi connectivity index (χ4n) is 0.273. The van der Waals surface area contributed by atoms with Crippen molar-refractivity contribution in [1.29, 1.82) is 0 Å². The molecule has 0 aliphatic rings. The van der Waals surface area contributed by atoms with Crippen LogP contribution in [0.2, 0.25) is 0 Å². The van der Waals surface area contributed by atoms with Crippen LogP contribution in [0.3, 0.4) is 0 Å². The first-order valence-electron chi connectivity index (χ1n) is 2.33. The number of rotatable bonds is 3. The molecule has 0 amide bonds. The van der Waals surface area contributed by atoms with Crippen molar-refractivity contribution in [2.75, 3.05) is 6.61 Å². The van der Waals surface area contributed by atoms with Gasteiger partial charge in [-0.25, -0.2) is 0 Å². The second-order valence-corrected chi connectivity index (χ2v) is 1.51. The zero-order valence-electron chi connectivity index (χ0n) is 4.54. The van der Waals surface area contributed by atoms with Crippen molar-refractivity contribution in [2.24, 2.45) is 0 Å². The van der Waals surface area contributed by atoms with Gasteiger partial charge in [-0.3, -0.25) is 0 Å². The summed E-state index contributed by atoms with van der Waals surface area (Å²) in [5, 5.41) is 24.8. The van der Waals surface area contributed by atoms with Crippen LogP contribution in [0.1, 0.15) is 6.42 Å². The monoisotopic (exact) mass is 116 g/mol. The highest BCUT2D eigenvalue weighted by atomic mass is 16.4. The smallest absolute Gasteiger partial charge is 0.423 e. The van der Waals surface area contributed by atoms with Crippen molar-refractivity contribution in [3.63, 3.8) is 0 Å². The third-order valence-corrected chi connectivity index (χ3v) is 0.798. The Morgan fingerprint density at radius 3 is 2.12 bits per heavy atom. The Kier molecular flexibility index (Phi) is 3.51. The molecule has 0 atom stereocenters. The average molecular weight is 116 g/mol.